The molecule has 0 radical (unpaired) electrons. The van der Waals surface area contributed by atoms with Gasteiger partial charge in [-0.3, -0.25) is 4.79 Å². The van der Waals surface area contributed by atoms with Crippen molar-refractivity contribution in [3.8, 4) is 11.8 Å². The summed E-state index contributed by atoms with van der Waals surface area (Å²) in [5.74, 6) is 6.37. The summed E-state index contributed by atoms with van der Waals surface area (Å²) < 4.78 is 0. The van der Waals surface area contributed by atoms with Gasteiger partial charge in [0.25, 0.3) is 5.91 Å². The van der Waals surface area contributed by atoms with Crippen molar-refractivity contribution in [2.45, 2.75) is 39.0 Å². The molecule has 2 rings (SSSR count). The van der Waals surface area contributed by atoms with Crippen molar-refractivity contribution < 1.29 is 9.90 Å². The van der Waals surface area contributed by atoms with Gasteiger partial charge >= 0.3 is 0 Å². The van der Waals surface area contributed by atoms with Gasteiger partial charge in [0.15, 0.2) is 0 Å². The minimum Gasteiger partial charge on any atom is -0.384 e. The number of amides is 1. The van der Waals surface area contributed by atoms with Gasteiger partial charge in [0.1, 0.15) is 11.5 Å². The van der Waals surface area contributed by atoms with Gasteiger partial charge in [0.05, 0.1) is 0 Å². The van der Waals surface area contributed by atoms with Crippen molar-refractivity contribution in [3.05, 3.63) is 21.9 Å². The Morgan fingerprint density at radius 1 is 1.48 bits per heavy atom. The lowest BCUT2D eigenvalue weighted by molar-refractivity contribution is 0.0764. The highest BCUT2D eigenvalue weighted by Crippen LogP contribution is 2.25. The topological polar surface area (TPSA) is 40.5 Å². The normalized spacial score (nSPS) is 18.8. The molecule has 1 aliphatic rings. The van der Waals surface area contributed by atoms with E-state index < -0.39 is 0 Å². The summed E-state index contributed by atoms with van der Waals surface area (Å²) in [7, 11) is 0. The first-order valence-electron chi connectivity index (χ1n) is 7.72. The van der Waals surface area contributed by atoms with E-state index in [0.717, 1.165) is 37.4 Å². The molecule has 1 atom stereocenters. The minimum atomic E-state index is -0.175. The van der Waals surface area contributed by atoms with Crippen molar-refractivity contribution in [2.75, 3.05) is 19.7 Å². The molecule has 1 amide bonds. The molecule has 1 unspecified atom stereocenters. The van der Waals surface area contributed by atoms with Crippen LogP contribution in [-0.4, -0.2) is 35.6 Å². The molecule has 0 spiro atoms. The Morgan fingerprint density at radius 2 is 2.33 bits per heavy atom. The lowest BCUT2D eigenvalue weighted by Crippen LogP contribution is -2.31. The van der Waals surface area contributed by atoms with Crippen LogP contribution in [0.4, 0.5) is 0 Å². The predicted molar refractivity (Wildman–Crippen MR) is 86.4 cm³/mol. The summed E-state index contributed by atoms with van der Waals surface area (Å²) in [5.41, 5.74) is 0.744. The van der Waals surface area contributed by atoms with Gasteiger partial charge < -0.3 is 10.0 Å². The van der Waals surface area contributed by atoms with Gasteiger partial charge in [-0.1, -0.05) is 31.6 Å². The molecule has 1 fully saturated rings. The fraction of sp³-hybridized carbons (Fsp3) is 0.588. The SMILES string of the molecule is CCCC1CCCN(C(=O)c2sccc2C#CCO)CC1. The molecule has 114 valence electrons. The first kappa shape index (κ1) is 16.1. The Hall–Kier alpha value is -1.31. The Labute approximate surface area is 131 Å². The second kappa shape index (κ2) is 8.21. The summed E-state index contributed by atoms with van der Waals surface area (Å²) in [4.78, 5) is 15.4. The molecule has 21 heavy (non-hydrogen) atoms. The van der Waals surface area contributed by atoms with Crippen molar-refractivity contribution in [1.82, 2.24) is 4.90 Å². The summed E-state index contributed by atoms with van der Waals surface area (Å²) in [6.45, 7) is 3.76. The Balaban J connectivity index is 2.05. The predicted octanol–water partition coefficient (Wildman–Crippen LogP) is 3.13. The standard InChI is InChI=1S/C17H23NO2S/c1-2-5-14-6-3-10-18(11-8-14)17(20)16-15(7-4-12-19)9-13-21-16/h9,13-14,19H,2-3,5-6,8,10-12H2,1H3. The lowest BCUT2D eigenvalue weighted by Gasteiger charge is -2.20. The molecule has 1 saturated heterocycles. The van der Waals surface area contributed by atoms with Crippen LogP contribution in [0.2, 0.25) is 0 Å². The Kier molecular flexibility index (Phi) is 6.28. The highest BCUT2D eigenvalue weighted by Gasteiger charge is 2.23. The zero-order chi connectivity index (χ0) is 15.1. The summed E-state index contributed by atoms with van der Waals surface area (Å²) in [5, 5.41) is 10.7. The van der Waals surface area contributed by atoms with Gasteiger partial charge in [-0.15, -0.1) is 11.3 Å². The van der Waals surface area contributed by atoms with Crippen LogP contribution in [0.1, 0.15) is 54.3 Å². The maximum absolute atomic E-state index is 12.7. The highest BCUT2D eigenvalue weighted by molar-refractivity contribution is 7.12. The van der Waals surface area contributed by atoms with E-state index in [2.05, 4.69) is 18.8 Å². The van der Waals surface area contributed by atoms with E-state index in [4.69, 9.17) is 5.11 Å². The zero-order valence-electron chi connectivity index (χ0n) is 12.6. The molecule has 1 N–H and O–H groups in total. The molecule has 0 aliphatic carbocycles. The average Bonchev–Trinajstić information content (AvgIpc) is 2.83. The van der Waals surface area contributed by atoms with E-state index in [9.17, 15) is 4.79 Å². The van der Waals surface area contributed by atoms with Gasteiger partial charge in [-0.05, 0) is 36.6 Å². The van der Waals surface area contributed by atoms with Gasteiger partial charge in [-0.2, -0.15) is 0 Å². The van der Waals surface area contributed by atoms with E-state index in [1.54, 1.807) is 0 Å². The molecule has 4 heteroatoms. The fourth-order valence-corrected chi connectivity index (χ4v) is 3.73. The largest absolute Gasteiger partial charge is 0.384 e. The smallest absolute Gasteiger partial charge is 0.265 e. The van der Waals surface area contributed by atoms with E-state index in [1.165, 1.54) is 30.6 Å². The van der Waals surface area contributed by atoms with Crippen LogP contribution >= 0.6 is 11.3 Å². The molecule has 0 saturated carbocycles. The highest BCUT2D eigenvalue weighted by atomic mass is 32.1. The molecular formula is C17H23NO2S. The van der Waals surface area contributed by atoms with Crippen molar-refractivity contribution in [3.63, 3.8) is 0 Å². The quantitative estimate of drug-likeness (QED) is 0.872. The number of likely N-dealkylation sites (tertiary alicyclic amines) is 1. The van der Waals surface area contributed by atoms with Crippen LogP contribution in [-0.2, 0) is 0 Å². The second-order valence-corrected chi connectivity index (χ2v) is 6.42. The van der Waals surface area contributed by atoms with Crippen LogP contribution in [0, 0.1) is 17.8 Å². The Bertz CT molecular complexity index is 526. The van der Waals surface area contributed by atoms with E-state index in [0.29, 0.717) is 4.88 Å². The lowest BCUT2D eigenvalue weighted by atomic mass is 9.96. The van der Waals surface area contributed by atoms with E-state index in [1.807, 2.05) is 16.3 Å². The van der Waals surface area contributed by atoms with Gasteiger partial charge in [0.2, 0.25) is 0 Å². The second-order valence-electron chi connectivity index (χ2n) is 5.50. The van der Waals surface area contributed by atoms with Gasteiger partial charge in [0, 0.05) is 18.7 Å². The molecule has 3 nitrogen and oxygen atoms in total. The molecule has 1 aliphatic heterocycles. The first-order chi connectivity index (χ1) is 10.3. The minimum absolute atomic E-state index is 0.101. The van der Waals surface area contributed by atoms with Crippen molar-refractivity contribution >= 4 is 17.2 Å². The molecule has 2 heterocycles. The summed E-state index contributed by atoms with van der Waals surface area (Å²) in [6.07, 6.45) is 5.94. The monoisotopic (exact) mass is 305 g/mol. The number of hydrogen-bond donors (Lipinski definition) is 1. The third kappa shape index (κ3) is 4.33. The van der Waals surface area contributed by atoms with Crippen LogP contribution in [0.25, 0.3) is 0 Å². The number of carbonyl (C=O) groups is 1. The number of aliphatic hydroxyl groups excluding tert-OH is 1. The van der Waals surface area contributed by atoms with E-state index in [-0.39, 0.29) is 12.5 Å². The van der Waals surface area contributed by atoms with Crippen LogP contribution in [0.15, 0.2) is 11.4 Å². The molecule has 0 bridgehead atoms. The summed E-state index contributed by atoms with van der Waals surface area (Å²) in [6, 6.07) is 1.86. The fourth-order valence-electron chi connectivity index (χ4n) is 2.92. The number of aliphatic hydroxyl groups is 1. The van der Waals surface area contributed by atoms with E-state index >= 15 is 0 Å². The number of carbonyl (C=O) groups excluding carboxylic acids is 1. The maximum Gasteiger partial charge on any atom is 0.265 e. The number of hydrogen-bond acceptors (Lipinski definition) is 3. The summed E-state index contributed by atoms with van der Waals surface area (Å²) >= 11 is 1.44. The molecule has 0 aromatic carbocycles. The van der Waals surface area contributed by atoms with Crippen LogP contribution in [0.3, 0.4) is 0 Å². The van der Waals surface area contributed by atoms with Crippen molar-refractivity contribution in [2.24, 2.45) is 5.92 Å². The number of rotatable bonds is 3. The molecule has 1 aromatic rings. The number of nitrogens with zero attached hydrogens (tertiary/aromatic N) is 1. The number of thiophene rings is 1. The maximum atomic E-state index is 12.7. The third-order valence-electron chi connectivity index (χ3n) is 3.99. The first-order valence-corrected chi connectivity index (χ1v) is 8.60. The average molecular weight is 305 g/mol. The van der Waals surface area contributed by atoms with Crippen LogP contribution in [0.5, 0.6) is 0 Å². The zero-order valence-corrected chi connectivity index (χ0v) is 13.4. The Morgan fingerprint density at radius 3 is 3.10 bits per heavy atom. The molecular weight excluding hydrogens is 282 g/mol. The third-order valence-corrected chi connectivity index (χ3v) is 4.90. The molecule has 1 aromatic heterocycles. The van der Waals surface area contributed by atoms with Crippen LogP contribution < -0.4 is 0 Å². The van der Waals surface area contributed by atoms with Crippen molar-refractivity contribution in [1.29, 1.82) is 0 Å². The van der Waals surface area contributed by atoms with Gasteiger partial charge in [-0.25, -0.2) is 0 Å².